The molecule has 8 nitrogen and oxygen atoms in total. The minimum absolute atomic E-state index is 0.180. The molecule has 0 saturated carbocycles. The number of amides is 2. The molecule has 1 unspecified atom stereocenters. The molecule has 27 heavy (non-hydrogen) atoms. The number of cyclic esters (lactones) is 1. The van der Waals surface area contributed by atoms with Crippen LogP contribution in [0, 0.1) is 13.8 Å². The third kappa shape index (κ3) is 4.52. The van der Waals surface area contributed by atoms with Crippen LogP contribution in [0.4, 0.5) is 10.5 Å². The second kappa shape index (κ2) is 8.48. The van der Waals surface area contributed by atoms with Crippen molar-refractivity contribution in [3.8, 4) is 0 Å². The minimum atomic E-state index is -0.480. The van der Waals surface area contributed by atoms with E-state index in [2.05, 4.69) is 22.3 Å². The van der Waals surface area contributed by atoms with Crippen LogP contribution in [0.2, 0.25) is 0 Å². The third-order valence-electron chi connectivity index (χ3n) is 4.19. The van der Waals surface area contributed by atoms with Crippen molar-refractivity contribution in [2.45, 2.75) is 26.9 Å². The fourth-order valence-electron chi connectivity index (χ4n) is 3.00. The van der Waals surface area contributed by atoms with Crippen LogP contribution in [-0.2, 0) is 9.53 Å². The van der Waals surface area contributed by atoms with Crippen LogP contribution < -0.4 is 15.5 Å². The first-order valence-corrected chi connectivity index (χ1v) is 8.51. The molecule has 1 fully saturated rings. The lowest BCUT2D eigenvalue weighted by Gasteiger charge is -2.17. The van der Waals surface area contributed by atoms with Gasteiger partial charge in [0, 0.05) is 31.4 Å². The van der Waals surface area contributed by atoms with Crippen molar-refractivity contribution in [1.82, 2.24) is 10.6 Å². The Balaban J connectivity index is 2.27. The maximum absolute atomic E-state index is 12.7. The molecular weight excluding hydrogens is 348 g/mol. The zero-order valence-corrected chi connectivity index (χ0v) is 16.0. The molecule has 0 bridgehead atoms. The first kappa shape index (κ1) is 20.2. The third-order valence-corrected chi connectivity index (χ3v) is 4.19. The first-order valence-electron chi connectivity index (χ1n) is 8.51. The molecule has 0 spiro atoms. The van der Waals surface area contributed by atoms with Crippen molar-refractivity contribution in [3.05, 3.63) is 40.7 Å². The van der Waals surface area contributed by atoms with Gasteiger partial charge in [0.25, 0.3) is 0 Å². The van der Waals surface area contributed by atoms with Gasteiger partial charge in [-0.25, -0.2) is 4.79 Å². The fourth-order valence-corrected chi connectivity index (χ4v) is 3.00. The Morgan fingerprint density at radius 1 is 1.37 bits per heavy atom. The van der Waals surface area contributed by atoms with Crippen LogP contribution >= 0.6 is 0 Å². The zero-order valence-electron chi connectivity index (χ0n) is 16.0. The Labute approximate surface area is 158 Å². The maximum atomic E-state index is 12.7. The van der Waals surface area contributed by atoms with Crippen LogP contribution in [0.3, 0.4) is 0 Å². The number of anilines is 1. The summed E-state index contributed by atoms with van der Waals surface area (Å²) in [5.74, 6) is -0.422. The van der Waals surface area contributed by atoms with E-state index in [0.717, 1.165) is 11.1 Å². The van der Waals surface area contributed by atoms with Gasteiger partial charge >= 0.3 is 6.09 Å². The molecular formula is C19H24N4O4. The van der Waals surface area contributed by atoms with Gasteiger partial charge in [-0.15, -0.1) is 0 Å². The molecule has 2 N–H and O–H groups in total. The molecule has 2 rings (SSSR count). The van der Waals surface area contributed by atoms with Crippen molar-refractivity contribution in [2.24, 2.45) is 4.99 Å². The molecule has 1 saturated heterocycles. The van der Waals surface area contributed by atoms with Crippen molar-refractivity contribution < 1.29 is 19.1 Å². The van der Waals surface area contributed by atoms with Crippen molar-refractivity contribution in [3.63, 3.8) is 0 Å². The summed E-state index contributed by atoms with van der Waals surface area (Å²) in [6, 6.07) is 3.53. The van der Waals surface area contributed by atoms with Gasteiger partial charge in [0.2, 0.25) is 11.7 Å². The summed E-state index contributed by atoms with van der Waals surface area (Å²) >= 11 is 0. The first-order chi connectivity index (χ1) is 12.8. The maximum Gasteiger partial charge on any atom is 0.414 e. The molecule has 0 aliphatic carbocycles. The van der Waals surface area contributed by atoms with E-state index in [4.69, 9.17) is 4.74 Å². The highest BCUT2D eigenvalue weighted by Gasteiger charge is 2.33. The molecule has 144 valence electrons. The molecule has 8 heteroatoms. The van der Waals surface area contributed by atoms with E-state index in [1.807, 2.05) is 0 Å². The van der Waals surface area contributed by atoms with Gasteiger partial charge in [0.15, 0.2) is 0 Å². The van der Waals surface area contributed by atoms with Crippen LogP contribution in [0.15, 0.2) is 29.0 Å². The largest absolute Gasteiger partial charge is 0.442 e. The van der Waals surface area contributed by atoms with Crippen molar-refractivity contribution >= 4 is 30.2 Å². The minimum Gasteiger partial charge on any atom is -0.442 e. The smallest absolute Gasteiger partial charge is 0.414 e. The number of hydrogen-bond acceptors (Lipinski definition) is 6. The van der Waals surface area contributed by atoms with Gasteiger partial charge in [0.05, 0.1) is 13.1 Å². The molecule has 1 atom stereocenters. The molecule has 1 aromatic carbocycles. The van der Waals surface area contributed by atoms with Crippen LogP contribution in [0.1, 0.15) is 28.4 Å². The summed E-state index contributed by atoms with van der Waals surface area (Å²) in [4.78, 5) is 41.2. The lowest BCUT2D eigenvalue weighted by Crippen LogP contribution is -2.33. The second-order valence-electron chi connectivity index (χ2n) is 6.31. The summed E-state index contributed by atoms with van der Waals surface area (Å²) in [5.41, 5.74) is 2.82. The quantitative estimate of drug-likeness (QED) is 0.431. The highest BCUT2D eigenvalue weighted by atomic mass is 16.6. The molecule has 0 radical (unpaired) electrons. The summed E-state index contributed by atoms with van der Waals surface area (Å²) < 4.78 is 5.29. The summed E-state index contributed by atoms with van der Waals surface area (Å²) in [5, 5.41) is 5.42. The molecule has 2 amide bonds. The predicted molar refractivity (Wildman–Crippen MR) is 103 cm³/mol. The van der Waals surface area contributed by atoms with E-state index in [1.165, 1.54) is 18.0 Å². The molecule has 1 heterocycles. The number of carbonyl (C=O) groups is 3. The van der Waals surface area contributed by atoms with Gasteiger partial charge in [-0.3, -0.25) is 19.5 Å². The van der Waals surface area contributed by atoms with E-state index in [-0.39, 0.29) is 23.9 Å². The lowest BCUT2D eigenvalue weighted by atomic mass is 9.96. The Bertz CT molecular complexity index is 793. The van der Waals surface area contributed by atoms with Gasteiger partial charge < -0.3 is 15.4 Å². The summed E-state index contributed by atoms with van der Waals surface area (Å²) in [6.45, 7) is 9.04. The predicted octanol–water partition coefficient (Wildman–Crippen LogP) is 1.71. The molecule has 0 aromatic heterocycles. The molecule has 1 aliphatic rings. The number of Topliss-reactive ketones (excluding diaryl/α,β-unsaturated/α-hetero) is 1. The number of ketones is 1. The number of hydrogen-bond donors (Lipinski definition) is 2. The van der Waals surface area contributed by atoms with E-state index in [0.29, 0.717) is 17.8 Å². The Hall–Kier alpha value is -3.16. The summed E-state index contributed by atoms with van der Waals surface area (Å²) in [6.07, 6.45) is 0.595. The Kier molecular flexibility index (Phi) is 6.33. The Morgan fingerprint density at radius 3 is 2.52 bits per heavy atom. The standard InChI is InChI=1S/C19H24N4O4/c1-11-6-14(23-10-15(27-19(23)26)8-22-13(3)24)7-12(2)17(11)18(25)16(21-5)9-20-4/h6-7,9,15,20H,5,8,10H2,1-4H3,(H,22,24)/b16-9-. The number of nitrogens with zero attached hydrogens (tertiary/aromatic N) is 2. The Morgan fingerprint density at radius 2 is 2.00 bits per heavy atom. The van der Waals surface area contributed by atoms with Crippen molar-refractivity contribution in [1.29, 1.82) is 0 Å². The van der Waals surface area contributed by atoms with E-state index < -0.39 is 12.2 Å². The molecule has 1 aliphatic heterocycles. The van der Waals surface area contributed by atoms with Crippen LogP contribution in [0.5, 0.6) is 0 Å². The van der Waals surface area contributed by atoms with Gasteiger partial charge in [-0.05, 0) is 43.8 Å². The zero-order chi connectivity index (χ0) is 20.1. The van der Waals surface area contributed by atoms with Crippen LogP contribution in [0.25, 0.3) is 0 Å². The van der Waals surface area contributed by atoms with Crippen LogP contribution in [-0.4, -0.2) is 50.7 Å². The number of nitrogens with one attached hydrogen (secondary N) is 2. The lowest BCUT2D eigenvalue weighted by molar-refractivity contribution is -0.119. The number of aliphatic imine (C=N–C) groups is 1. The van der Waals surface area contributed by atoms with Gasteiger partial charge in [-0.2, -0.15) is 0 Å². The average molecular weight is 372 g/mol. The van der Waals surface area contributed by atoms with E-state index in [9.17, 15) is 14.4 Å². The normalized spacial score (nSPS) is 16.7. The number of benzene rings is 1. The highest BCUT2D eigenvalue weighted by molar-refractivity contribution is 6.11. The highest BCUT2D eigenvalue weighted by Crippen LogP contribution is 2.28. The number of rotatable bonds is 7. The fraction of sp³-hybridized carbons (Fsp3) is 0.368. The van der Waals surface area contributed by atoms with E-state index >= 15 is 0 Å². The summed E-state index contributed by atoms with van der Waals surface area (Å²) in [7, 11) is 1.68. The van der Waals surface area contributed by atoms with E-state index in [1.54, 1.807) is 33.0 Å². The topological polar surface area (TPSA) is 100 Å². The van der Waals surface area contributed by atoms with Gasteiger partial charge in [0.1, 0.15) is 11.8 Å². The number of allylic oxidation sites excluding steroid dienone is 1. The molecule has 1 aromatic rings. The number of ether oxygens (including phenoxy) is 1. The second-order valence-corrected chi connectivity index (χ2v) is 6.31. The average Bonchev–Trinajstić information content (AvgIpc) is 2.97. The van der Waals surface area contributed by atoms with Gasteiger partial charge in [-0.1, -0.05) is 0 Å². The SMILES string of the molecule is C=N/C(=C\NC)C(=O)c1c(C)cc(N2CC(CNC(C)=O)OC2=O)cc1C. The number of aryl methyl sites for hydroxylation is 2. The monoisotopic (exact) mass is 372 g/mol. The van der Waals surface area contributed by atoms with Crippen molar-refractivity contribution in [2.75, 3.05) is 25.0 Å². The number of carbonyl (C=O) groups excluding carboxylic acids is 3.